The summed E-state index contributed by atoms with van der Waals surface area (Å²) in [4.78, 5) is 79.8. The number of rotatable bonds is 11. The van der Waals surface area contributed by atoms with E-state index in [1.807, 2.05) is 50.9 Å². The Kier molecular flexibility index (Phi) is 16.9. The average Bonchev–Trinajstić information content (AvgIpc) is 4.09. The monoisotopic (exact) mass is 981 g/mol. The van der Waals surface area contributed by atoms with E-state index in [9.17, 15) is 33.6 Å². The molecule has 2 aromatic carbocycles. The molecular weight excluding hydrogens is 908 g/mol. The number of likely N-dealkylation sites (N-methyl/N-ethyl adjacent to an activating group) is 2. The van der Waals surface area contributed by atoms with Crippen LogP contribution in [0.25, 0.3) is 33.3 Å². The molecule has 17 heteroatoms. The molecule has 3 aliphatic heterocycles. The second-order valence-electron chi connectivity index (χ2n) is 20.9. The van der Waals surface area contributed by atoms with Gasteiger partial charge < -0.3 is 34.3 Å². The Morgan fingerprint density at radius 3 is 2.48 bits per heavy atom. The zero-order valence-electron chi connectivity index (χ0n) is 42.9. The Hall–Kier alpha value is -5.91. The van der Waals surface area contributed by atoms with Crippen LogP contribution < -0.4 is 11.0 Å². The number of phenolic OH excluding ortho intramolecular Hbond substituents is 1. The SMILES string of the molecule is CCn1c(-c2cccnc2[C@H](C)OC)c2c3cc(ccc31)-c1cc(O)cc(c1)C[C@H](NC(=O)C(C(C)C)N(C)C(=O)[C@H]1CCN(C(=O)[C@@H]3CCCN3C)C1)C(=O)N(NF)CCCCC(=O)OCC(C)(C)C2. The molecule has 71 heavy (non-hydrogen) atoms. The van der Waals surface area contributed by atoms with Crippen molar-refractivity contribution in [3.8, 4) is 28.1 Å². The smallest absolute Gasteiger partial charge is 0.305 e. The Bertz CT molecular complexity index is 2600. The zero-order chi connectivity index (χ0) is 51.3. The van der Waals surface area contributed by atoms with Gasteiger partial charge in [-0.15, -0.1) is 4.48 Å². The van der Waals surface area contributed by atoms with Crippen LogP contribution in [0.1, 0.15) is 103 Å². The molecule has 2 saturated heterocycles. The molecule has 4 bridgehead atoms. The molecule has 16 nitrogen and oxygen atoms in total. The molecule has 2 aromatic heterocycles. The Morgan fingerprint density at radius 1 is 1.01 bits per heavy atom. The summed E-state index contributed by atoms with van der Waals surface area (Å²) in [5, 5.41) is 16.0. The lowest BCUT2D eigenvalue weighted by Gasteiger charge is -2.34. The number of hydrazine groups is 1. The van der Waals surface area contributed by atoms with Crippen molar-refractivity contribution in [1.29, 1.82) is 0 Å². The average molecular weight is 981 g/mol. The zero-order valence-corrected chi connectivity index (χ0v) is 42.9. The molecule has 5 atom stereocenters. The number of nitrogens with one attached hydrogen (secondary N) is 2. The minimum atomic E-state index is -1.36. The van der Waals surface area contributed by atoms with E-state index in [0.717, 1.165) is 63.4 Å². The highest BCUT2D eigenvalue weighted by molar-refractivity contribution is 5.96. The predicted octanol–water partition coefficient (Wildman–Crippen LogP) is 6.77. The highest BCUT2D eigenvalue weighted by atomic mass is 19.2. The maximum Gasteiger partial charge on any atom is 0.305 e. The molecule has 0 aliphatic carbocycles. The summed E-state index contributed by atoms with van der Waals surface area (Å²) in [6, 6.07) is 12.5. The number of phenols is 1. The van der Waals surface area contributed by atoms with Crippen LogP contribution in [-0.2, 0) is 52.8 Å². The number of carbonyl (C=O) groups excluding carboxylic acids is 5. The van der Waals surface area contributed by atoms with E-state index in [2.05, 4.69) is 48.9 Å². The van der Waals surface area contributed by atoms with Crippen molar-refractivity contribution in [2.45, 2.75) is 124 Å². The lowest BCUT2D eigenvalue weighted by atomic mass is 9.84. The Labute approximate surface area is 417 Å². The number of hydrogen-bond acceptors (Lipinski definition) is 11. The molecule has 384 valence electrons. The third-order valence-corrected chi connectivity index (χ3v) is 14.7. The number of aromatic nitrogens is 2. The number of benzene rings is 2. The molecular formula is C54H73FN8O8. The van der Waals surface area contributed by atoms with E-state index in [1.54, 1.807) is 31.3 Å². The summed E-state index contributed by atoms with van der Waals surface area (Å²) >= 11 is 0. The van der Waals surface area contributed by atoms with Crippen molar-refractivity contribution in [2.24, 2.45) is 17.3 Å². The molecule has 3 aliphatic rings. The van der Waals surface area contributed by atoms with Crippen molar-refractivity contribution in [3.63, 3.8) is 0 Å². The largest absolute Gasteiger partial charge is 0.508 e. The van der Waals surface area contributed by atoms with Gasteiger partial charge >= 0.3 is 5.97 Å². The molecule has 1 unspecified atom stereocenters. The number of carbonyl (C=O) groups is 5. The number of cyclic esters (lactones) is 1. The fourth-order valence-corrected chi connectivity index (χ4v) is 10.9. The topological polar surface area (TPSA) is 179 Å². The number of likely N-dealkylation sites (tertiary alicyclic amines) is 2. The van der Waals surface area contributed by atoms with E-state index < -0.39 is 47.1 Å². The summed E-state index contributed by atoms with van der Waals surface area (Å²) in [6.07, 6.45) is 4.58. The summed E-state index contributed by atoms with van der Waals surface area (Å²) in [7, 11) is 5.16. The third-order valence-electron chi connectivity index (χ3n) is 14.7. The van der Waals surface area contributed by atoms with E-state index in [1.165, 1.54) is 16.6 Å². The van der Waals surface area contributed by atoms with Gasteiger partial charge in [0.1, 0.15) is 17.8 Å². The quantitative estimate of drug-likeness (QED) is 0.107. The summed E-state index contributed by atoms with van der Waals surface area (Å²) in [5.41, 5.74) is 7.58. The number of methoxy groups -OCH3 is 1. The number of aromatic hydroxyl groups is 1. The first-order valence-corrected chi connectivity index (χ1v) is 25.2. The molecule has 0 spiro atoms. The molecule has 0 saturated carbocycles. The molecule has 2 fully saturated rings. The van der Waals surface area contributed by atoms with Crippen molar-refractivity contribution < 1.29 is 43.0 Å². The van der Waals surface area contributed by atoms with E-state index in [0.29, 0.717) is 43.5 Å². The number of pyridine rings is 1. The number of amides is 4. The first-order chi connectivity index (χ1) is 33.9. The van der Waals surface area contributed by atoms with Gasteiger partial charge in [0, 0.05) is 81.3 Å². The number of hydrogen-bond donors (Lipinski definition) is 3. The molecule has 4 amide bonds. The minimum absolute atomic E-state index is 0.0177. The maximum absolute atomic E-state index is 14.7. The predicted molar refractivity (Wildman–Crippen MR) is 269 cm³/mol. The summed E-state index contributed by atoms with van der Waals surface area (Å²) < 4.78 is 28.7. The minimum Gasteiger partial charge on any atom is -0.508 e. The van der Waals surface area contributed by atoms with Gasteiger partial charge in [0.15, 0.2) is 0 Å². The standard InChI is InChI=1S/C54H73FN8O8/c1-10-62-44-19-18-36-29-41(44)42(49(62)40-15-13-21-56-47(40)34(4)70-9)30-54(5,6)32-71-46(65)17-11-12-23-63(58-55)52(68)43(27-35-25-38(36)28-39(64)26-35)57-50(66)48(33(2)3)60(8)51(67)37-20-24-61(31-37)53(69)45-16-14-22-59(45)7/h13,15,18-19,21,25-26,28-29,33-34,37,43,45,48,58,64H,10-12,14,16-17,20,22-24,27,30-32H2,1-9H3,(H,57,66)/t34-,37-,43-,45-,48?/m0/s1. The molecule has 5 heterocycles. The van der Waals surface area contributed by atoms with E-state index in [-0.39, 0.29) is 68.7 Å². The first-order valence-electron chi connectivity index (χ1n) is 25.2. The van der Waals surface area contributed by atoms with Gasteiger partial charge in [-0.05, 0) is 131 Å². The molecule has 7 rings (SSSR count). The van der Waals surface area contributed by atoms with Gasteiger partial charge in [-0.3, -0.25) is 33.9 Å². The second kappa shape index (κ2) is 22.7. The number of nitrogens with zero attached hydrogens (tertiary/aromatic N) is 6. The van der Waals surface area contributed by atoms with Gasteiger partial charge in [-0.25, -0.2) is 5.01 Å². The number of halogens is 1. The molecule has 0 radical (unpaired) electrons. The van der Waals surface area contributed by atoms with Crippen LogP contribution in [-0.4, -0.2) is 136 Å². The van der Waals surface area contributed by atoms with Crippen LogP contribution in [0, 0.1) is 17.3 Å². The number of fused-ring (bicyclic) bond motifs is 4. The highest BCUT2D eigenvalue weighted by Gasteiger charge is 2.41. The van der Waals surface area contributed by atoms with Crippen molar-refractivity contribution in [1.82, 2.24) is 40.2 Å². The molecule has 3 N–H and O–H groups in total. The summed E-state index contributed by atoms with van der Waals surface area (Å²) in [5.74, 6) is -3.07. The Balaban J connectivity index is 1.25. The molecule has 4 aromatic rings. The van der Waals surface area contributed by atoms with Crippen LogP contribution in [0.4, 0.5) is 4.48 Å². The van der Waals surface area contributed by atoms with E-state index in [4.69, 9.17) is 14.5 Å². The van der Waals surface area contributed by atoms with E-state index >= 15 is 0 Å². The van der Waals surface area contributed by atoms with Crippen LogP contribution in [0.2, 0.25) is 0 Å². The van der Waals surface area contributed by atoms with Crippen LogP contribution in [0.15, 0.2) is 54.7 Å². The third kappa shape index (κ3) is 11.7. The maximum atomic E-state index is 14.7. The van der Waals surface area contributed by atoms with Crippen LogP contribution in [0.3, 0.4) is 0 Å². The van der Waals surface area contributed by atoms with Gasteiger partial charge in [0.2, 0.25) is 17.7 Å². The van der Waals surface area contributed by atoms with Crippen molar-refractivity contribution in [2.75, 3.05) is 54.0 Å². The van der Waals surface area contributed by atoms with Gasteiger partial charge in [0.25, 0.3) is 5.91 Å². The first kappa shape index (κ1) is 52.9. The number of esters is 1. The van der Waals surface area contributed by atoms with Crippen LogP contribution in [0.5, 0.6) is 5.75 Å². The van der Waals surface area contributed by atoms with Crippen molar-refractivity contribution >= 4 is 40.5 Å². The lowest BCUT2D eigenvalue weighted by Crippen LogP contribution is -2.58. The van der Waals surface area contributed by atoms with Gasteiger partial charge in [0.05, 0.1) is 36.1 Å². The highest BCUT2D eigenvalue weighted by Crippen LogP contribution is 2.42. The van der Waals surface area contributed by atoms with Gasteiger partial charge in [-0.2, -0.15) is 0 Å². The lowest BCUT2D eigenvalue weighted by molar-refractivity contribution is -0.147. The summed E-state index contributed by atoms with van der Waals surface area (Å²) in [6.45, 7) is 14.0. The Morgan fingerprint density at radius 2 is 1.79 bits per heavy atom. The van der Waals surface area contributed by atoms with Crippen LogP contribution >= 0.6 is 0 Å². The fourth-order valence-electron chi connectivity index (χ4n) is 10.9. The van der Waals surface area contributed by atoms with Crippen molar-refractivity contribution in [3.05, 3.63) is 71.5 Å². The normalized spacial score (nSPS) is 21.4. The van der Waals surface area contributed by atoms with Gasteiger partial charge in [-0.1, -0.05) is 45.5 Å². The number of ether oxygens (including phenoxy) is 2. The fraction of sp³-hybridized carbons (Fsp3) is 0.556. The number of aryl methyl sites for hydroxylation is 1. The second-order valence-corrected chi connectivity index (χ2v) is 20.9.